The molecule has 0 saturated carbocycles. The minimum Gasteiger partial charge on any atom is -0.506 e. The molecule has 2 aromatic rings. The smallest absolute Gasteiger partial charge is 0.349 e. The van der Waals surface area contributed by atoms with Gasteiger partial charge in [0.15, 0.2) is 0 Å². The Kier molecular flexibility index (Phi) is 7.58. The molecule has 0 bridgehead atoms. The van der Waals surface area contributed by atoms with Gasteiger partial charge in [0.2, 0.25) is 6.29 Å². The second kappa shape index (κ2) is 10.3. The monoisotopic (exact) mass is 506 g/mol. The maximum atomic E-state index is 12.8. The third kappa shape index (κ3) is 4.94. The second-order valence-electron chi connectivity index (χ2n) is 9.77. The third-order valence-corrected chi connectivity index (χ3v) is 6.74. The van der Waals surface area contributed by atoms with Crippen LogP contribution in [0.15, 0.2) is 26.5 Å². The van der Waals surface area contributed by atoms with E-state index in [4.69, 9.17) is 23.5 Å². The molecule has 0 radical (unpaired) electrons. The standard InChI is InChI=1S/C25H34N2O9/c1-12-16(33-24-20(30)19(29)22(32-5)25(3,4)35-24)9-8-15-18(28)17(23(31)34-21(12)15)13(2)27-36-14-7-6-10-26-11-14/h8-9,14,19-20,22,24,26,28-30H,6-7,10-11H2,1-5H3/t14?,19-,20+,22+,24+/m0/s1. The van der Waals surface area contributed by atoms with E-state index in [0.717, 1.165) is 19.4 Å². The number of rotatable bonds is 6. The fourth-order valence-electron chi connectivity index (χ4n) is 4.75. The number of ether oxygens (including phenoxy) is 3. The zero-order valence-electron chi connectivity index (χ0n) is 21.1. The summed E-state index contributed by atoms with van der Waals surface area (Å²) < 4.78 is 22.6. The number of hydrogen-bond acceptors (Lipinski definition) is 11. The van der Waals surface area contributed by atoms with Crippen LogP contribution in [0.25, 0.3) is 11.0 Å². The molecule has 2 aliphatic rings. The van der Waals surface area contributed by atoms with E-state index >= 15 is 0 Å². The van der Waals surface area contributed by atoms with Crippen molar-refractivity contribution < 1.29 is 38.8 Å². The van der Waals surface area contributed by atoms with Crippen LogP contribution in [0.2, 0.25) is 0 Å². The van der Waals surface area contributed by atoms with Crippen LogP contribution in [0.3, 0.4) is 0 Å². The lowest BCUT2D eigenvalue weighted by atomic mass is 9.89. The molecule has 0 spiro atoms. The summed E-state index contributed by atoms with van der Waals surface area (Å²) in [5.41, 5.74) is -1.09. The molecule has 5 atom stereocenters. The van der Waals surface area contributed by atoms with Crippen LogP contribution < -0.4 is 15.7 Å². The van der Waals surface area contributed by atoms with Gasteiger partial charge in [0.1, 0.15) is 47.1 Å². The molecule has 2 saturated heterocycles. The quantitative estimate of drug-likeness (QED) is 0.258. The van der Waals surface area contributed by atoms with Crippen molar-refractivity contribution in [2.75, 3.05) is 20.2 Å². The van der Waals surface area contributed by atoms with Gasteiger partial charge < -0.3 is 44.1 Å². The first-order chi connectivity index (χ1) is 17.0. The summed E-state index contributed by atoms with van der Waals surface area (Å²) in [6.45, 7) is 8.25. The number of aliphatic hydroxyl groups excluding tert-OH is 2. The maximum absolute atomic E-state index is 12.8. The third-order valence-electron chi connectivity index (χ3n) is 6.74. The van der Waals surface area contributed by atoms with E-state index in [1.165, 1.54) is 13.2 Å². The Balaban J connectivity index is 1.62. The summed E-state index contributed by atoms with van der Waals surface area (Å²) in [6, 6.07) is 3.10. The largest absolute Gasteiger partial charge is 0.506 e. The lowest BCUT2D eigenvalue weighted by Crippen LogP contribution is -2.63. The average molecular weight is 507 g/mol. The van der Waals surface area contributed by atoms with E-state index in [-0.39, 0.29) is 39.8 Å². The van der Waals surface area contributed by atoms with Gasteiger partial charge in [-0.3, -0.25) is 0 Å². The van der Waals surface area contributed by atoms with Gasteiger partial charge >= 0.3 is 5.63 Å². The number of piperidine rings is 1. The van der Waals surface area contributed by atoms with E-state index in [0.29, 0.717) is 12.1 Å². The van der Waals surface area contributed by atoms with Crippen LogP contribution in [-0.4, -0.2) is 77.5 Å². The SMILES string of the molecule is CO[C@@H]1[C@@H](O)[C@@H](O)[C@H](Oc2ccc3c(O)c(C(C)=NOC4CCCNC4)c(=O)oc3c2C)OC1(C)C. The highest BCUT2D eigenvalue weighted by atomic mass is 16.7. The van der Waals surface area contributed by atoms with Gasteiger partial charge in [-0.05, 0) is 59.2 Å². The van der Waals surface area contributed by atoms with E-state index < -0.39 is 35.8 Å². The van der Waals surface area contributed by atoms with E-state index in [9.17, 15) is 20.1 Å². The van der Waals surface area contributed by atoms with Gasteiger partial charge in [-0.15, -0.1) is 0 Å². The minimum atomic E-state index is -1.39. The minimum absolute atomic E-state index is 0.0825. The van der Waals surface area contributed by atoms with Crippen molar-refractivity contribution in [3.05, 3.63) is 33.7 Å². The molecule has 1 aromatic carbocycles. The molecule has 36 heavy (non-hydrogen) atoms. The number of oxime groups is 1. The first kappa shape index (κ1) is 26.4. The molecule has 198 valence electrons. The maximum Gasteiger partial charge on any atom is 0.349 e. The fraction of sp³-hybridized carbons (Fsp3) is 0.600. The highest BCUT2D eigenvalue weighted by Crippen LogP contribution is 2.37. The van der Waals surface area contributed by atoms with Crippen molar-refractivity contribution in [3.63, 3.8) is 0 Å². The zero-order chi connectivity index (χ0) is 26.2. The Bertz CT molecular complexity index is 1190. The number of methoxy groups -OCH3 is 1. The Morgan fingerprint density at radius 2 is 2.00 bits per heavy atom. The summed E-state index contributed by atoms with van der Waals surface area (Å²) in [7, 11) is 1.43. The van der Waals surface area contributed by atoms with Crippen LogP contribution in [0.4, 0.5) is 0 Å². The second-order valence-corrected chi connectivity index (χ2v) is 9.77. The molecular formula is C25H34N2O9. The number of aliphatic hydroxyl groups is 2. The predicted octanol–water partition coefficient (Wildman–Crippen LogP) is 1.55. The molecule has 1 unspecified atom stereocenters. The summed E-state index contributed by atoms with van der Waals surface area (Å²) in [4.78, 5) is 18.4. The van der Waals surface area contributed by atoms with Gasteiger partial charge in [-0.2, -0.15) is 0 Å². The lowest BCUT2D eigenvalue weighted by molar-refractivity contribution is -0.306. The predicted molar refractivity (Wildman–Crippen MR) is 130 cm³/mol. The fourth-order valence-corrected chi connectivity index (χ4v) is 4.75. The first-order valence-corrected chi connectivity index (χ1v) is 12.0. The molecule has 11 nitrogen and oxygen atoms in total. The highest BCUT2D eigenvalue weighted by molar-refractivity contribution is 6.04. The van der Waals surface area contributed by atoms with Gasteiger partial charge in [0.05, 0.1) is 16.7 Å². The van der Waals surface area contributed by atoms with Gasteiger partial charge in [-0.25, -0.2) is 4.79 Å². The van der Waals surface area contributed by atoms with Crippen LogP contribution in [0, 0.1) is 6.92 Å². The van der Waals surface area contributed by atoms with Crippen molar-refractivity contribution in [2.24, 2.45) is 5.16 Å². The topological polar surface area (TPSA) is 152 Å². The number of aryl methyl sites for hydroxylation is 1. The number of hydrogen-bond donors (Lipinski definition) is 4. The van der Waals surface area contributed by atoms with Gasteiger partial charge in [-0.1, -0.05) is 5.16 Å². The lowest BCUT2D eigenvalue weighted by Gasteiger charge is -2.46. The Labute approximate surface area is 208 Å². The molecule has 0 amide bonds. The number of aromatic hydroxyl groups is 1. The Morgan fingerprint density at radius 1 is 1.25 bits per heavy atom. The normalized spacial score (nSPS) is 28.8. The zero-order valence-corrected chi connectivity index (χ0v) is 21.1. The summed E-state index contributed by atoms with van der Waals surface area (Å²) in [5, 5.41) is 39.5. The molecule has 4 N–H and O–H groups in total. The summed E-state index contributed by atoms with van der Waals surface area (Å²) in [5.74, 6) is -0.0322. The number of nitrogens with zero attached hydrogens (tertiary/aromatic N) is 1. The molecule has 11 heteroatoms. The Hall–Kier alpha value is -2.70. The van der Waals surface area contributed by atoms with Crippen molar-refractivity contribution >= 4 is 16.7 Å². The summed E-state index contributed by atoms with van der Waals surface area (Å²) >= 11 is 0. The van der Waals surface area contributed by atoms with Gasteiger partial charge in [0.25, 0.3) is 0 Å². The molecule has 2 fully saturated rings. The van der Waals surface area contributed by atoms with Crippen molar-refractivity contribution in [1.82, 2.24) is 5.32 Å². The van der Waals surface area contributed by atoms with E-state index in [2.05, 4.69) is 10.5 Å². The Morgan fingerprint density at radius 3 is 2.67 bits per heavy atom. The number of fused-ring (bicyclic) bond motifs is 1. The van der Waals surface area contributed by atoms with Crippen LogP contribution >= 0.6 is 0 Å². The first-order valence-electron chi connectivity index (χ1n) is 12.0. The van der Waals surface area contributed by atoms with Gasteiger partial charge in [0, 0.05) is 19.2 Å². The van der Waals surface area contributed by atoms with E-state index in [1.54, 1.807) is 33.8 Å². The molecular weight excluding hydrogens is 472 g/mol. The molecule has 4 rings (SSSR count). The van der Waals surface area contributed by atoms with Crippen molar-refractivity contribution in [2.45, 2.75) is 76.8 Å². The highest BCUT2D eigenvalue weighted by Gasteiger charge is 2.50. The molecule has 2 aliphatic heterocycles. The van der Waals surface area contributed by atoms with Crippen LogP contribution in [0.5, 0.6) is 11.5 Å². The van der Waals surface area contributed by atoms with Crippen molar-refractivity contribution in [3.8, 4) is 11.5 Å². The summed E-state index contributed by atoms with van der Waals surface area (Å²) in [6.07, 6.45) is -2.89. The number of nitrogens with one attached hydrogen (secondary N) is 1. The number of benzene rings is 1. The van der Waals surface area contributed by atoms with Crippen LogP contribution in [-0.2, 0) is 14.3 Å². The van der Waals surface area contributed by atoms with Crippen molar-refractivity contribution in [1.29, 1.82) is 0 Å². The molecule has 0 aliphatic carbocycles. The molecule has 1 aromatic heterocycles. The molecule has 3 heterocycles. The van der Waals surface area contributed by atoms with E-state index in [1.807, 2.05) is 0 Å². The average Bonchev–Trinajstić information content (AvgIpc) is 2.83. The van der Waals surface area contributed by atoms with Crippen LogP contribution in [0.1, 0.15) is 44.7 Å².